The van der Waals surface area contributed by atoms with Crippen molar-refractivity contribution in [1.29, 1.82) is 0 Å². The fourth-order valence-corrected chi connectivity index (χ4v) is 4.48. The minimum absolute atomic E-state index is 0.0258. The molecule has 0 spiro atoms. The molecule has 2 aromatic rings. The van der Waals surface area contributed by atoms with Crippen molar-refractivity contribution < 1.29 is 9.90 Å². The molecule has 0 bridgehead atoms. The van der Waals surface area contributed by atoms with E-state index in [1.54, 1.807) is 17.7 Å². The van der Waals surface area contributed by atoms with Crippen LogP contribution in [-0.4, -0.2) is 36.4 Å². The van der Waals surface area contributed by atoms with Crippen molar-refractivity contribution in [1.82, 2.24) is 24.6 Å². The molecule has 0 saturated heterocycles. The highest BCUT2D eigenvalue weighted by Crippen LogP contribution is 2.36. The van der Waals surface area contributed by atoms with Crippen LogP contribution in [0.4, 0.5) is 0 Å². The van der Waals surface area contributed by atoms with Crippen LogP contribution in [0.1, 0.15) is 71.8 Å². The van der Waals surface area contributed by atoms with Crippen molar-refractivity contribution in [3.05, 3.63) is 44.9 Å². The van der Waals surface area contributed by atoms with Crippen molar-refractivity contribution in [3.8, 4) is 0 Å². The van der Waals surface area contributed by atoms with Gasteiger partial charge in [-0.15, -0.1) is 10.2 Å². The van der Waals surface area contributed by atoms with E-state index < -0.39 is 0 Å². The van der Waals surface area contributed by atoms with Gasteiger partial charge in [-0.2, -0.15) is 0 Å². The van der Waals surface area contributed by atoms with Gasteiger partial charge in [-0.1, -0.05) is 0 Å². The van der Waals surface area contributed by atoms with Crippen molar-refractivity contribution in [2.75, 3.05) is 0 Å². The lowest BCUT2D eigenvalue weighted by Crippen LogP contribution is -2.46. The molecule has 2 heterocycles. The average Bonchev–Trinajstić information content (AvgIpc) is 3.09. The van der Waals surface area contributed by atoms with Crippen molar-refractivity contribution in [3.63, 3.8) is 0 Å². The number of carbonyl (C=O) groups is 1. The summed E-state index contributed by atoms with van der Waals surface area (Å²) in [5, 5.41) is 20.6. The van der Waals surface area contributed by atoms with Gasteiger partial charge in [0.05, 0.1) is 0 Å². The molecule has 0 aliphatic heterocycles. The first-order valence-electron chi connectivity index (χ1n) is 10.1. The maximum Gasteiger partial charge on any atom is 0.263 e. The van der Waals surface area contributed by atoms with Gasteiger partial charge in [-0.05, 0) is 57.1 Å². The van der Waals surface area contributed by atoms with Crippen LogP contribution in [-0.2, 0) is 33.0 Å². The molecule has 28 heavy (non-hydrogen) atoms. The molecule has 8 nitrogen and oxygen atoms in total. The zero-order chi connectivity index (χ0) is 19.8. The van der Waals surface area contributed by atoms with Gasteiger partial charge in [-0.25, -0.2) is 0 Å². The van der Waals surface area contributed by atoms with E-state index in [0.717, 1.165) is 55.6 Å². The van der Waals surface area contributed by atoms with E-state index in [0.29, 0.717) is 12.4 Å². The highest BCUT2D eigenvalue weighted by Gasteiger charge is 2.35. The molecular weight excluding hydrogens is 358 g/mol. The molecule has 8 heteroatoms. The second-order valence-electron chi connectivity index (χ2n) is 7.82. The first-order chi connectivity index (χ1) is 13.5. The SMILES string of the molecule is CCn1c(CO)nnc1C1CC(NC(=O)c2cc3c(n(C)c2=O)CCCC3)C1. The summed E-state index contributed by atoms with van der Waals surface area (Å²) in [4.78, 5) is 25.4. The second kappa shape index (κ2) is 7.50. The molecule has 4 rings (SSSR count). The molecular formula is C20H27N5O3. The molecule has 1 saturated carbocycles. The van der Waals surface area contributed by atoms with Crippen molar-refractivity contribution >= 4 is 5.91 Å². The normalized spacial score (nSPS) is 21.1. The lowest BCUT2D eigenvalue weighted by atomic mass is 9.79. The Kier molecular flexibility index (Phi) is 5.05. The van der Waals surface area contributed by atoms with Gasteiger partial charge in [0.1, 0.15) is 18.0 Å². The molecule has 2 aliphatic carbocycles. The quantitative estimate of drug-likeness (QED) is 0.801. The number of aryl methyl sites for hydroxylation is 1. The van der Waals surface area contributed by atoms with E-state index in [4.69, 9.17) is 0 Å². The van der Waals surface area contributed by atoms with Crippen LogP contribution in [0.2, 0.25) is 0 Å². The monoisotopic (exact) mass is 385 g/mol. The Bertz CT molecular complexity index is 955. The predicted octanol–water partition coefficient (Wildman–Crippen LogP) is 1.04. The highest BCUT2D eigenvalue weighted by atomic mass is 16.3. The third kappa shape index (κ3) is 3.15. The Labute approximate surface area is 163 Å². The topological polar surface area (TPSA) is 102 Å². The Morgan fingerprint density at radius 3 is 2.75 bits per heavy atom. The summed E-state index contributed by atoms with van der Waals surface area (Å²) < 4.78 is 3.58. The number of aliphatic hydroxyl groups excluding tert-OH is 1. The lowest BCUT2D eigenvalue weighted by Gasteiger charge is -2.35. The van der Waals surface area contributed by atoms with Gasteiger partial charge in [-0.3, -0.25) is 9.59 Å². The largest absolute Gasteiger partial charge is 0.388 e. The smallest absolute Gasteiger partial charge is 0.263 e. The van der Waals surface area contributed by atoms with Crippen molar-refractivity contribution in [2.45, 2.75) is 70.6 Å². The van der Waals surface area contributed by atoms with E-state index in [9.17, 15) is 14.7 Å². The molecule has 2 aromatic heterocycles. The number of fused-ring (bicyclic) bond motifs is 1. The summed E-state index contributed by atoms with van der Waals surface area (Å²) in [5.74, 6) is 1.36. The maximum absolute atomic E-state index is 12.7. The number of pyridine rings is 1. The van der Waals surface area contributed by atoms with Crippen LogP contribution in [0.15, 0.2) is 10.9 Å². The summed E-state index contributed by atoms with van der Waals surface area (Å²) in [6.45, 7) is 2.57. The van der Waals surface area contributed by atoms with Crippen LogP contribution in [0, 0.1) is 0 Å². The summed E-state index contributed by atoms with van der Waals surface area (Å²) in [5.41, 5.74) is 2.21. The maximum atomic E-state index is 12.7. The minimum atomic E-state index is -0.287. The zero-order valence-electron chi connectivity index (χ0n) is 16.4. The highest BCUT2D eigenvalue weighted by molar-refractivity contribution is 5.94. The number of rotatable bonds is 5. The summed E-state index contributed by atoms with van der Waals surface area (Å²) in [7, 11) is 1.76. The Hall–Kier alpha value is -2.48. The number of amides is 1. The Morgan fingerprint density at radius 2 is 2.04 bits per heavy atom. The third-order valence-electron chi connectivity index (χ3n) is 6.14. The van der Waals surface area contributed by atoms with Crippen LogP contribution in [0.25, 0.3) is 0 Å². The van der Waals surface area contributed by atoms with Crippen LogP contribution < -0.4 is 10.9 Å². The first kappa shape index (κ1) is 18.9. The van der Waals surface area contributed by atoms with Gasteiger partial charge >= 0.3 is 0 Å². The molecule has 150 valence electrons. The van der Waals surface area contributed by atoms with Crippen LogP contribution in [0.5, 0.6) is 0 Å². The third-order valence-corrected chi connectivity index (χ3v) is 6.14. The molecule has 0 unspecified atom stereocenters. The van der Waals surface area contributed by atoms with E-state index in [1.807, 2.05) is 11.5 Å². The number of hydrogen-bond acceptors (Lipinski definition) is 5. The van der Waals surface area contributed by atoms with Gasteiger partial charge in [0, 0.05) is 31.2 Å². The molecule has 2 N–H and O–H groups in total. The fourth-order valence-electron chi connectivity index (χ4n) is 4.48. The molecule has 1 fully saturated rings. The molecule has 0 radical (unpaired) electrons. The lowest BCUT2D eigenvalue weighted by molar-refractivity contribution is 0.0904. The molecule has 0 atom stereocenters. The van der Waals surface area contributed by atoms with Crippen molar-refractivity contribution in [2.24, 2.45) is 7.05 Å². The number of hydrogen-bond donors (Lipinski definition) is 2. The van der Waals surface area contributed by atoms with Gasteiger partial charge in [0.2, 0.25) is 0 Å². The van der Waals surface area contributed by atoms with E-state index in [2.05, 4.69) is 15.5 Å². The minimum Gasteiger partial charge on any atom is -0.388 e. The molecule has 2 aliphatic rings. The number of aliphatic hydroxyl groups is 1. The zero-order valence-corrected chi connectivity index (χ0v) is 16.4. The average molecular weight is 385 g/mol. The van der Waals surface area contributed by atoms with Crippen LogP contribution >= 0.6 is 0 Å². The first-order valence-corrected chi connectivity index (χ1v) is 10.1. The standard InChI is InChI=1S/C20H27N5O3/c1-3-25-17(11-26)22-23-18(25)13-8-14(9-13)21-19(27)15-10-12-6-4-5-7-16(12)24(2)20(15)28/h10,13-14,26H,3-9,11H2,1-2H3,(H,21,27). The van der Waals surface area contributed by atoms with E-state index in [-0.39, 0.29) is 35.6 Å². The second-order valence-corrected chi connectivity index (χ2v) is 7.82. The van der Waals surface area contributed by atoms with Crippen LogP contribution in [0.3, 0.4) is 0 Å². The Balaban J connectivity index is 1.44. The van der Waals surface area contributed by atoms with Gasteiger partial charge in [0.25, 0.3) is 11.5 Å². The van der Waals surface area contributed by atoms with Gasteiger partial charge in [0.15, 0.2) is 5.82 Å². The van der Waals surface area contributed by atoms with Gasteiger partial charge < -0.3 is 19.6 Å². The fraction of sp³-hybridized carbons (Fsp3) is 0.600. The number of nitrogens with one attached hydrogen (secondary N) is 1. The predicted molar refractivity (Wildman–Crippen MR) is 103 cm³/mol. The molecule has 0 aromatic carbocycles. The summed E-state index contributed by atoms with van der Waals surface area (Å²) in [6, 6.07) is 1.82. The number of carbonyl (C=O) groups excluding carboxylic acids is 1. The van der Waals surface area contributed by atoms with E-state index in [1.165, 1.54) is 0 Å². The number of aromatic nitrogens is 4. The summed E-state index contributed by atoms with van der Waals surface area (Å²) >= 11 is 0. The summed E-state index contributed by atoms with van der Waals surface area (Å²) in [6.07, 6.45) is 5.55. The van der Waals surface area contributed by atoms with E-state index >= 15 is 0 Å². The Morgan fingerprint density at radius 1 is 1.29 bits per heavy atom. The molecule has 1 amide bonds. The number of nitrogens with zero attached hydrogens (tertiary/aromatic N) is 4.